The molecule has 4 rings (SSSR count). The van der Waals surface area contributed by atoms with Crippen molar-refractivity contribution in [2.45, 2.75) is 13.5 Å². The molecular weight excluding hydrogens is 320 g/mol. The second-order valence-electron chi connectivity index (χ2n) is 6.08. The third-order valence-corrected chi connectivity index (χ3v) is 5.15. The zero-order chi connectivity index (χ0) is 16.4. The summed E-state index contributed by atoms with van der Waals surface area (Å²) in [6, 6.07) is 12.7. The van der Waals surface area contributed by atoms with Gasteiger partial charge in [0.1, 0.15) is 0 Å². The molecule has 1 aromatic carbocycles. The van der Waals surface area contributed by atoms with Gasteiger partial charge >= 0.3 is 0 Å². The molecule has 1 saturated heterocycles. The first-order valence-corrected chi connectivity index (χ1v) is 9.06. The molecule has 24 heavy (non-hydrogen) atoms. The first-order chi connectivity index (χ1) is 11.8. The highest BCUT2D eigenvalue weighted by Crippen LogP contribution is 2.24. The van der Waals surface area contributed by atoms with E-state index in [1.165, 1.54) is 11.3 Å². The Morgan fingerprint density at radius 1 is 1.08 bits per heavy atom. The molecule has 0 spiro atoms. The molecule has 0 radical (unpaired) electrons. The van der Waals surface area contributed by atoms with Crippen LogP contribution in [0.15, 0.2) is 46.2 Å². The van der Waals surface area contributed by atoms with Crippen LogP contribution in [0.3, 0.4) is 0 Å². The fourth-order valence-electron chi connectivity index (χ4n) is 3.00. The zero-order valence-electron chi connectivity index (χ0n) is 13.7. The van der Waals surface area contributed by atoms with Crippen molar-refractivity contribution in [3.05, 3.63) is 53.2 Å². The summed E-state index contributed by atoms with van der Waals surface area (Å²) in [5.74, 6) is 1.32. The van der Waals surface area contributed by atoms with Gasteiger partial charge in [0.15, 0.2) is 0 Å². The van der Waals surface area contributed by atoms with Crippen LogP contribution in [0.2, 0.25) is 0 Å². The van der Waals surface area contributed by atoms with Crippen LogP contribution in [-0.4, -0.2) is 41.3 Å². The van der Waals surface area contributed by atoms with Crippen molar-refractivity contribution in [3.8, 4) is 10.8 Å². The van der Waals surface area contributed by atoms with Crippen LogP contribution in [0.25, 0.3) is 10.8 Å². The van der Waals surface area contributed by atoms with Crippen molar-refractivity contribution >= 4 is 17.0 Å². The fourth-order valence-corrected chi connectivity index (χ4v) is 3.64. The molecule has 6 heteroatoms. The van der Waals surface area contributed by atoms with E-state index < -0.39 is 0 Å². The molecular formula is C18H20N4OS. The van der Waals surface area contributed by atoms with Crippen molar-refractivity contribution in [1.29, 1.82) is 0 Å². The van der Waals surface area contributed by atoms with E-state index in [9.17, 15) is 0 Å². The third-order valence-electron chi connectivity index (χ3n) is 4.30. The van der Waals surface area contributed by atoms with E-state index in [-0.39, 0.29) is 0 Å². The van der Waals surface area contributed by atoms with Gasteiger partial charge in [-0.2, -0.15) is 0 Å². The first kappa shape index (κ1) is 15.4. The molecule has 0 N–H and O–H groups in total. The highest BCUT2D eigenvalue weighted by molar-refractivity contribution is 7.13. The second kappa shape index (κ2) is 6.75. The van der Waals surface area contributed by atoms with E-state index in [1.54, 1.807) is 11.3 Å². The van der Waals surface area contributed by atoms with Gasteiger partial charge in [-0.1, -0.05) is 18.2 Å². The molecule has 3 heterocycles. The molecule has 0 unspecified atom stereocenters. The van der Waals surface area contributed by atoms with E-state index in [1.807, 2.05) is 17.5 Å². The van der Waals surface area contributed by atoms with Crippen molar-refractivity contribution in [1.82, 2.24) is 15.1 Å². The molecule has 124 valence electrons. The molecule has 2 aromatic heterocycles. The molecule has 5 nitrogen and oxygen atoms in total. The van der Waals surface area contributed by atoms with Gasteiger partial charge in [-0.15, -0.1) is 21.5 Å². The number of aromatic nitrogens is 2. The summed E-state index contributed by atoms with van der Waals surface area (Å²) < 4.78 is 5.79. The lowest BCUT2D eigenvalue weighted by Crippen LogP contribution is -2.46. The number of hydrogen-bond acceptors (Lipinski definition) is 6. The molecule has 0 atom stereocenters. The minimum atomic E-state index is 0.624. The predicted molar refractivity (Wildman–Crippen MR) is 96.3 cm³/mol. The quantitative estimate of drug-likeness (QED) is 0.728. The van der Waals surface area contributed by atoms with Gasteiger partial charge in [0.25, 0.3) is 5.89 Å². The lowest BCUT2D eigenvalue weighted by molar-refractivity contribution is 0.227. The summed E-state index contributed by atoms with van der Waals surface area (Å²) in [6.45, 7) is 6.92. The van der Waals surface area contributed by atoms with Crippen molar-refractivity contribution in [2.75, 3.05) is 31.1 Å². The summed E-state index contributed by atoms with van der Waals surface area (Å²) in [5.41, 5.74) is 2.62. The minimum Gasteiger partial charge on any atom is -0.419 e. The Morgan fingerprint density at radius 3 is 2.71 bits per heavy atom. The Labute approximate surface area is 145 Å². The number of aryl methyl sites for hydroxylation is 1. The highest BCUT2D eigenvalue weighted by Gasteiger charge is 2.19. The third kappa shape index (κ3) is 3.34. The van der Waals surface area contributed by atoms with E-state index in [0.29, 0.717) is 11.8 Å². The van der Waals surface area contributed by atoms with Crippen LogP contribution in [0.4, 0.5) is 5.69 Å². The van der Waals surface area contributed by atoms with Crippen molar-refractivity contribution < 1.29 is 4.42 Å². The number of thiophene rings is 1. The lowest BCUT2D eigenvalue weighted by Gasteiger charge is -2.35. The normalized spacial score (nSPS) is 15.8. The van der Waals surface area contributed by atoms with Gasteiger partial charge in [-0.25, -0.2) is 0 Å². The molecule has 1 fully saturated rings. The predicted octanol–water partition coefficient (Wildman–Crippen LogP) is 3.43. The van der Waals surface area contributed by atoms with E-state index >= 15 is 0 Å². The molecule has 0 saturated carbocycles. The Morgan fingerprint density at radius 2 is 1.96 bits per heavy atom. The Balaban J connectivity index is 1.35. The maximum Gasteiger partial charge on any atom is 0.257 e. The maximum absolute atomic E-state index is 5.79. The lowest BCUT2D eigenvalue weighted by atomic mass is 10.2. The second-order valence-corrected chi connectivity index (χ2v) is 7.03. The molecule has 1 aliphatic heterocycles. The van der Waals surface area contributed by atoms with Gasteiger partial charge in [-0.3, -0.25) is 4.90 Å². The summed E-state index contributed by atoms with van der Waals surface area (Å²) in [6.07, 6.45) is 0. The van der Waals surface area contributed by atoms with Gasteiger partial charge in [0, 0.05) is 31.9 Å². The Kier molecular flexibility index (Phi) is 4.32. The van der Waals surface area contributed by atoms with Gasteiger partial charge in [0.05, 0.1) is 11.4 Å². The number of nitrogens with zero attached hydrogens (tertiary/aromatic N) is 4. The van der Waals surface area contributed by atoms with Crippen LogP contribution in [0, 0.1) is 6.92 Å². The van der Waals surface area contributed by atoms with Crippen LogP contribution in [0.1, 0.15) is 11.5 Å². The molecule has 0 aliphatic carbocycles. The summed E-state index contributed by atoms with van der Waals surface area (Å²) in [5, 5.41) is 10.4. The molecule has 3 aromatic rings. The largest absolute Gasteiger partial charge is 0.419 e. The average molecular weight is 340 g/mol. The van der Waals surface area contributed by atoms with Crippen molar-refractivity contribution in [2.24, 2.45) is 0 Å². The topological polar surface area (TPSA) is 45.4 Å². The van der Waals surface area contributed by atoms with E-state index in [2.05, 4.69) is 51.2 Å². The standard InChI is InChI=1S/C18H20N4OS/c1-14-4-2-5-15(12-14)22-9-7-21(8-10-22)13-17-19-20-18(23-17)16-6-3-11-24-16/h2-6,11-12H,7-10,13H2,1H3. The Hall–Kier alpha value is -2.18. The summed E-state index contributed by atoms with van der Waals surface area (Å²) in [7, 11) is 0. The monoisotopic (exact) mass is 340 g/mol. The molecule has 0 bridgehead atoms. The van der Waals surface area contributed by atoms with Crippen LogP contribution in [-0.2, 0) is 6.54 Å². The van der Waals surface area contributed by atoms with Gasteiger partial charge < -0.3 is 9.32 Å². The summed E-state index contributed by atoms with van der Waals surface area (Å²) in [4.78, 5) is 5.84. The van der Waals surface area contributed by atoms with Crippen LogP contribution < -0.4 is 4.90 Å². The molecule has 0 amide bonds. The highest BCUT2D eigenvalue weighted by atomic mass is 32.1. The van der Waals surface area contributed by atoms with Gasteiger partial charge in [-0.05, 0) is 36.1 Å². The van der Waals surface area contributed by atoms with Crippen LogP contribution in [0.5, 0.6) is 0 Å². The molecule has 1 aliphatic rings. The number of rotatable bonds is 4. The van der Waals surface area contributed by atoms with E-state index in [4.69, 9.17) is 4.42 Å². The van der Waals surface area contributed by atoms with Crippen LogP contribution >= 0.6 is 11.3 Å². The zero-order valence-corrected chi connectivity index (χ0v) is 14.5. The maximum atomic E-state index is 5.79. The van der Waals surface area contributed by atoms with Crippen molar-refractivity contribution in [3.63, 3.8) is 0 Å². The SMILES string of the molecule is Cc1cccc(N2CCN(Cc3nnc(-c4cccs4)o3)CC2)c1. The summed E-state index contributed by atoms with van der Waals surface area (Å²) >= 11 is 1.62. The number of piperazine rings is 1. The minimum absolute atomic E-state index is 0.624. The Bertz CT molecular complexity index is 791. The van der Waals surface area contributed by atoms with E-state index in [0.717, 1.165) is 37.6 Å². The first-order valence-electron chi connectivity index (χ1n) is 8.18. The number of hydrogen-bond donors (Lipinski definition) is 0. The average Bonchev–Trinajstić information content (AvgIpc) is 3.27. The number of anilines is 1. The van der Waals surface area contributed by atoms with Gasteiger partial charge in [0.2, 0.25) is 5.89 Å². The smallest absolute Gasteiger partial charge is 0.257 e. The number of benzene rings is 1. The fraction of sp³-hybridized carbons (Fsp3) is 0.333.